The van der Waals surface area contributed by atoms with Gasteiger partial charge in [-0.15, -0.1) is 0 Å². The highest BCUT2D eigenvalue weighted by molar-refractivity contribution is 5.43. The van der Waals surface area contributed by atoms with Crippen molar-refractivity contribution >= 4 is 0 Å². The molecule has 0 amide bonds. The number of ether oxygens (including phenoxy) is 1. The van der Waals surface area contributed by atoms with Crippen molar-refractivity contribution in [3.05, 3.63) is 29.3 Å². The molecule has 1 aromatic carbocycles. The maximum atomic E-state index is 5.32. The molecule has 1 aliphatic carbocycles. The number of methoxy groups -OCH3 is 1. The van der Waals surface area contributed by atoms with Gasteiger partial charge < -0.3 is 10.1 Å². The summed E-state index contributed by atoms with van der Waals surface area (Å²) in [5, 5.41) is 3.43. The molecule has 2 heteroatoms. The summed E-state index contributed by atoms with van der Waals surface area (Å²) in [4.78, 5) is 0. The van der Waals surface area contributed by atoms with E-state index in [-0.39, 0.29) is 5.41 Å². The molecule has 0 fully saturated rings. The summed E-state index contributed by atoms with van der Waals surface area (Å²) >= 11 is 0. The van der Waals surface area contributed by atoms with E-state index in [4.69, 9.17) is 4.74 Å². The Labute approximate surface area is 98.0 Å². The van der Waals surface area contributed by atoms with Gasteiger partial charge >= 0.3 is 0 Å². The molecule has 1 unspecified atom stereocenters. The predicted octanol–water partition coefficient (Wildman–Crippen LogP) is 2.51. The minimum absolute atomic E-state index is 0.177. The fourth-order valence-electron chi connectivity index (χ4n) is 2.85. The lowest BCUT2D eigenvalue weighted by Gasteiger charge is -2.40. The van der Waals surface area contributed by atoms with Crippen LogP contribution in [0.25, 0.3) is 0 Å². The second-order valence-electron chi connectivity index (χ2n) is 5.12. The van der Waals surface area contributed by atoms with Crippen LogP contribution in [0.15, 0.2) is 18.2 Å². The molecule has 1 aliphatic rings. The zero-order valence-corrected chi connectivity index (χ0v) is 10.6. The van der Waals surface area contributed by atoms with Crippen LogP contribution in [-0.2, 0) is 11.8 Å². The third kappa shape index (κ3) is 1.71. The SMILES string of the molecule is CNC1CCc2ccc(OC)cc2C1(C)C. The molecule has 1 atom stereocenters. The number of likely N-dealkylation sites (N-methyl/N-ethyl adjacent to an activating group) is 1. The van der Waals surface area contributed by atoms with Crippen LogP contribution >= 0.6 is 0 Å². The van der Waals surface area contributed by atoms with Gasteiger partial charge in [0.05, 0.1) is 7.11 Å². The minimum Gasteiger partial charge on any atom is -0.497 e. The summed E-state index contributed by atoms with van der Waals surface area (Å²) < 4.78 is 5.32. The molecule has 88 valence electrons. The molecule has 0 heterocycles. The number of nitrogens with one attached hydrogen (secondary N) is 1. The summed E-state index contributed by atoms with van der Waals surface area (Å²) in [6.07, 6.45) is 2.37. The number of rotatable bonds is 2. The van der Waals surface area contributed by atoms with Crippen molar-refractivity contribution in [3.63, 3.8) is 0 Å². The second kappa shape index (κ2) is 4.10. The largest absolute Gasteiger partial charge is 0.497 e. The van der Waals surface area contributed by atoms with Crippen molar-refractivity contribution in [1.29, 1.82) is 0 Å². The average Bonchev–Trinajstić information content (AvgIpc) is 2.29. The van der Waals surface area contributed by atoms with Crippen LogP contribution in [0, 0.1) is 0 Å². The van der Waals surface area contributed by atoms with Crippen molar-refractivity contribution in [2.75, 3.05) is 14.2 Å². The molecule has 0 bridgehead atoms. The van der Waals surface area contributed by atoms with Crippen molar-refractivity contribution in [2.24, 2.45) is 0 Å². The summed E-state index contributed by atoms with van der Waals surface area (Å²) in [6, 6.07) is 7.02. The quantitative estimate of drug-likeness (QED) is 0.825. The maximum Gasteiger partial charge on any atom is 0.119 e. The molecule has 16 heavy (non-hydrogen) atoms. The summed E-state index contributed by atoms with van der Waals surface area (Å²) in [7, 11) is 3.78. The van der Waals surface area contributed by atoms with Crippen molar-refractivity contribution in [1.82, 2.24) is 5.32 Å². The Morgan fingerprint density at radius 1 is 1.38 bits per heavy atom. The molecule has 2 nitrogen and oxygen atoms in total. The van der Waals surface area contributed by atoms with E-state index in [1.165, 1.54) is 17.5 Å². The standard InChI is InChI=1S/C14H21NO/c1-14(2)12-9-11(16-4)7-5-10(12)6-8-13(14)15-3/h5,7,9,13,15H,6,8H2,1-4H3. The highest BCUT2D eigenvalue weighted by atomic mass is 16.5. The molecule has 1 N–H and O–H groups in total. The van der Waals surface area contributed by atoms with E-state index < -0.39 is 0 Å². The van der Waals surface area contributed by atoms with E-state index in [2.05, 4.69) is 44.4 Å². The van der Waals surface area contributed by atoms with Crippen LogP contribution in [0.5, 0.6) is 5.75 Å². The number of aryl methyl sites for hydroxylation is 1. The normalized spacial score (nSPS) is 22.6. The van der Waals surface area contributed by atoms with Crippen LogP contribution in [0.4, 0.5) is 0 Å². The number of benzene rings is 1. The monoisotopic (exact) mass is 219 g/mol. The molecular formula is C14H21NO. The highest BCUT2D eigenvalue weighted by Gasteiger charge is 2.35. The molecule has 0 radical (unpaired) electrons. The van der Waals surface area contributed by atoms with E-state index in [1.54, 1.807) is 7.11 Å². The second-order valence-corrected chi connectivity index (χ2v) is 5.12. The Morgan fingerprint density at radius 3 is 2.75 bits per heavy atom. The molecule has 0 aliphatic heterocycles. The zero-order valence-electron chi connectivity index (χ0n) is 10.6. The first-order chi connectivity index (χ1) is 7.59. The van der Waals surface area contributed by atoms with Crippen LogP contribution < -0.4 is 10.1 Å². The number of hydrogen-bond acceptors (Lipinski definition) is 2. The molecule has 0 aromatic heterocycles. The Morgan fingerprint density at radius 2 is 2.12 bits per heavy atom. The van der Waals surface area contributed by atoms with Gasteiger partial charge in [-0.1, -0.05) is 19.9 Å². The Bertz CT molecular complexity index is 384. The van der Waals surface area contributed by atoms with Gasteiger partial charge in [0.2, 0.25) is 0 Å². The fraction of sp³-hybridized carbons (Fsp3) is 0.571. The smallest absolute Gasteiger partial charge is 0.119 e. The van der Waals surface area contributed by atoms with Crippen LogP contribution in [0.2, 0.25) is 0 Å². The lowest BCUT2D eigenvalue weighted by Crippen LogP contribution is -2.46. The number of hydrogen-bond donors (Lipinski definition) is 1. The maximum absolute atomic E-state index is 5.32. The summed E-state index contributed by atoms with van der Waals surface area (Å²) in [5.41, 5.74) is 3.08. The van der Waals surface area contributed by atoms with Gasteiger partial charge in [0.15, 0.2) is 0 Å². The van der Waals surface area contributed by atoms with Gasteiger partial charge in [-0.25, -0.2) is 0 Å². The summed E-state index contributed by atoms with van der Waals surface area (Å²) in [6.45, 7) is 4.62. The van der Waals surface area contributed by atoms with E-state index >= 15 is 0 Å². The van der Waals surface area contributed by atoms with Gasteiger partial charge in [-0.2, -0.15) is 0 Å². The first kappa shape index (κ1) is 11.5. The minimum atomic E-state index is 0.177. The lowest BCUT2D eigenvalue weighted by molar-refractivity contribution is 0.317. The zero-order chi connectivity index (χ0) is 11.8. The molecule has 0 saturated heterocycles. The first-order valence-corrected chi connectivity index (χ1v) is 5.94. The molecule has 2 rings (SSSR count). The Balaban J connectivity index is 2.47. The van der Waals surface area contributed by atoms with Crippen LogP contribution in [0.1, 0.15) is 31.4 Å². The molecule has 1 aromatic rings. The lowest BCUT2D eigenvalue weighted by atomic mass is 9.69. The van der Waals surface area contributed by atoms with Gasteiger partial charge in [-0.05, 0) is 43.1 Å². The molecular weight excluding hydrogens is 198 g/mol. The van der Waals surface area contributed by atoms with Crippen LogP contribution in [-0.4, -0.2) is 20.2 Å². The van der Waals surface area contributed by atoms with E-state index in [1.807, 2.05) is 0 Å². The predicted molar refractivity (Wildman–Crippen MR) is 67.2 cm³/mol. The topological polar surface area (TPSA) is 21.3 Å². The van der Waals surface area contributed by atoms with Crippen molar-refractivity contribution < 1.29 is 4.74 Å². The van der Waals surface area contributed by atoms with Crippen molar-refractivity contribution in [2.45, 2.75) is 38.1 Å². The van der Waals surface area contributed by atoms with Gasteiger partial charge in [-0.3, -0.25) is 0 Å². The molecule has 0 saturated carbocycles. The Kier molecular flexibility index (Phi) is 2.94. The molecule has 0 spiro atoms. The van der Waals surface area contributed by atoms with Gasteiger partial charge in [0.25, 0.3) is 0 Å². The van der Waals surface area contributed by atoms with Gasteiger partial charge in [0, 0.05) is 11.5 Å². The Hall–Kier alpha value is -1.02. The van der Waals surface area contributed by atoms with Gasteiger partial charge in [0.1, 0.15) is 5.75 Å². The fourth-order valence-corrected chi connectivity index (χ4v) is 2.85. The first-order valence-electron chi connectivity index (χ1n) is 5.94. The third-order valence-electron chi connectivity index (χ3n) is 3.93. The van der Waals surface area contributed by atoms with Crippen molar-refractivity contribution in [3.8, 4) is 5.75 Å². The van der Waals surface area contributed by atoms with Crippen LogP contribution in [0.3, 0.4) is 0 Å². The average molecular weight is 219 g/mol. The van der Waals surface area contributed by atoms with E-state index in [9.17, 15) is 0 Å². The van der Waals surface area contributed by atoms with E-state index in [0.717, 1.165) is 12.2 Å². The highest BCUT2D eigenvalue weighted by Crippen LogP contribution is 2.38. The number of fused-ring (bicyclic) bond motifs is 1. The van der Waals surface area contributed by atoms with E-state index in [0.29, 0.717) is 6.04 Å². The summed E-state index contributed by atoms with van der Waals surface area (Å²) in [5.74, 6) is 0.962. The third-order valence-corrected chi connectivity index (χ3v) is 3.93.